The van der Waals surface area contributed by atoms with Gasteiger partial charge in [0.15, 0.2) is 0 Å². The standard InChI is InChI=1S/C13H19NO2S/c1-9(2)11-5-3-10(4-6-11)7-17-8-12(14)13(15)16/h3-6,9,12H,7-8,14H2,1-2H3,(H,15,16)/t12-/m0/s1. The molecule has 0 aliphatic heterocycles. The fourth-order valence-corrected chi connectivity index (χ4v) is 2.32. The molecule has 4 heteroatoms. The highest BCUT2D eigenvalue weighted by atomic mass is 32.2. The molecule has 0 saturated carbocycles. The molecule has 1 atom stereocenters. The first-order valence-electron chi connectivity index (χ1n) is 5.65. The van der Waals surface area contributed by atoms with Gasteiger partial charge in [-0.3, -0.25) is 4.79 Å². The van der Waals surface area contributed by atoms with Crippen LogP contribution in [0.5, 0.6) is 0 Å². The summed E-state index contributed by atoms with van der Waals surface area (Å²) >= 11 is 1.55. The van der Waals surface area contributed by atoms with E-state index in [1.807, 2.05) is 0 Å². The minimum Gasteiger partial charge on any atom is -0.480 e. The van der Waals surface area contributed by atoms with E-state index in [9.17, 15) is 4.79 Å². The largest absolute Gasteiger partial charge is 0.480 e. The van der Waals surface area contributed by atoms with Crippen LogP contribution in [0.3, 0.4) is 0 Å². The van der Waals surface area contributed by atoms with Crippen LogP contribution in [0.4, 0.5) is 0 Å². The van der Waals surface area contributed by atoms with Crippen molar-refractivity contribution in [2.45, 2.75) is 31.6 Å². The zero-order valence-corrected chi connectivity index (χ0v) is 11.0. The van der Waals surface area contributed by atoms with Crippen LogP contribution < -0.4 is 5.73 Å². The minimum atomic E-state index is -0.937. The maximum atomic E-state index is 10.5. The molecule has 3 nitrogen and oxygen atoms in total. The summed E-state index contributed by atoms with van der Waals surface area (Å²) in [4.78, 5) is 10.5. The number of hydrogen-bond acceptors (Lipinski definition) is 3. The van der Waals surface area contributed by atoms with Crippen molar-refractivity contribution in [3.05, 3.63) is 35.4 Å². The first-order chi connectivity index (χ1) is 8.00. The molecule has 0 aromatic heterocycles. The zero-order chi connectivity index (χ0) is 12.8. The molecule has 3 N–H and O–H groups in total. The highest BCUT2D eigenvalue weighted by molar-refractivity contribution is 7.98. The number of benzene rings is 1. The zero-order valence-electron chi connectivity index (χ0n) is 10.2. The smallest absolute Gasteiger partial charge is 0.321 e. The summed E-state index contributed by atoms with van der Waals surface area (Å²) in [6.45, 7) is 4.32. The summed E-state index contributed by atoms with van der Waals surface area (Å²) in [6.07, 6.45) is 0. The summed E-state index contributed by atoms with van der Waals surface area (Å²) in [6, 6.07) is 7.66. The second-order valence-corrected chi connectivity index (χ2v) is 5.39. The molecular weight excluding hydrogens is 234 g/mol. The Kier molecular flexibility index (Phi) is 5.51. The average molecular weight is 253 g/mol. The first-order valence-corrected chi connectivity index (χ1v) is 6.81. The quantitative estimate of drug-likeness (QED) is 0.817. The van der Waals surface area contributed by atoms with Crippen LogP contribution in [0.15, 0.2) is 24.3 Å². The van der Waals surface area contributed by atoms with Gasteiger partial charge in [-0.15, -0.1) is 0 Å². The van der Waals surface area contributed by atoms with E-state index in [4.69, 9.17) is 10.8 Å². The number of nitrogens with two attached hydrogens (primary N) is 1. The molecule has 17 heavy (non-hydrogen) atoms. The Morgan fingerprint density at radius 1 is 1.35 bits per heavy atom. The predicted octanol–water partition coefficient (Wildman–Crippen LogP) is 2.46. The van der Waals surface area contributed by atoms with Gasteiger partial charge in [0.25, 0.3) is 0 Å². The summed E-state index contributed by atoms with van der Waals surface area (Å²) in [5, 5.41) is 8.64. The highest BCUT2D eigenvalue weighted by Crippen LogP contribution is 2.18. The molecule has 0 spiro atoms. The lowest BCUT2D eigenvalue weighted by molar-refractivity contribution is -0.137. The molecule has 1 rings (SSSR count). The van der Waals surface area contributed by atoms with E-state index < -0.39 is 12.0 Å². The molecule has 0 aliphatic carbocycles. The van der Waals surface area contributed by atoms with Gasteiger partial charge in [-0.25, -0.2) is 0 Å². The second kappa shape index (κ2) is 6.67. The number of carboxylic acids is 1. The van der Waals surface area contributed by atoms with Crippen LogP contribution in [0.25, 0.3) is 0 Å². The maximum Gasteiger partial charge on any atom is 0.321 e. The molecule has 0 heterocycles. The lowest BCUT2D eigenvalue weighted by atomic mass is 10.0. The lowest BCUT2D eigenvalue weighted by Gasteiger charge is -2.08. The molecule has 94 valence electrons. The van der Waals surface area contributed by atoms with Gasteiger partial charge in [0, 0.05) is 11.5 Å². The molecular formula is C13H19NO2S. The Bertz CT molecular complexity index is 362. The fraction of sp³-hybridized carbons (Fsp3) is 0.462. The number of aliphatic carboxylic acids is 1. The van der Waals surface area contributed by atoms with Crippen LogP contribution in [-0.2, 0) is 10.5 Å². The molecule has 1 aromatic carbocycles. The third kappa shape index (κ3) is 4.79. The molecule has 0 unspecified atom stereocenters. The predicted molar refractivity (Wildman–Crippen MR) is 72.3 cm³/mol. The topological polar surface area (TPSA) is 63.3 Å². The van der Waals surface area contributed by atoms with E-state index in [-0.39, 0.29) is 0 Å². The lowest BCUT2D eigenvalue weighted by Crippen LogP contribution is -2.32. The van der Waals surface area contributed by atoms with Gasteiger partial charge in [0.05, 0.1) is 0 Å². The molecule has 0 radical (unpaired) electrons. The van der Waals surface area contributed by atoms with E-state index in [1.54, 1.807) is 11.8 Å². The maximum absolute atomic E-state index is 10.5. The SMILES string of the molecule is CC(C)c1ccc(CSC[C@H](N)C(=O)O)cc1. The Labute approximate surface area is 106 Å². The number of thioether (sulfide) groups is 1. The van der Waals surface area contributed by atoms with Gasteiger partial charge in [-0.2, -0.15) is 11.8 Å². The van der Waals surface area contributed by atoms with Crippen LogP contribution in [0.2, 0.25) is 0 Å². The van der Waals surface area contributed by atoms with Crippen molar-refractivity contribution in [3.8, 4) is 0 Å². The number of rotatable bonds is 6. The fourth-order valence-electron chi connectivity index (χ4n) is 1.37. The molecule has 0 bridgehead atoms. The van der Waals surface area contributed by atoms with Gasteiger partial charge < -0.3 is 10.8 Å². The third-order valence-corrected chi connectivity index (χ3v) is 3.66. The second-order valence-electron chi connectivity index (χ2n) is 4.36. The van der Waals surface area contributed by atoms with E-state index in [0.29, 0.717) is 11.7 Å². The summed E-state index contributed by atoms with van der Waals surface area (Å²) < 4.78 is 0. The number of carboxylic acid groups (broad SMARTS) is 1. The molecule has 0 saturated heterocycles. The van der Waals surface area contributed by atoms with Crippen molar-refractivity contribution in [2.24, 2.45) is 5.73 Å². The Morgan fingerprint density at radius 2 is 1.94 bits per heavy atom. The summed E-state index contributed by atoms with van der Waals surface area (Å²) in [5.74, 6) is 0.852. The van der Waals surface area contributed by atoms with Crippen LogP contribution >= 0.6 is 11.8 Å². The molecule has 0 fully saturated rings. The first kappa shape index (κ1) is 14.1. The van der Waals surface area contributed by atoms with E-state index in [2.05, 4.69) is 38.1 Å². The van der Waals surface area contributed by atoms with Gasteiger partial charge in [-0.1, -0.05) is 38.1 Å². The average Bonchev–Trinajstić information content (AvgIpc) is 2.29. The van der Waals surface area contributed by atoms with Crippen LogP contribution in [0.1, 0.15) is 30.9 Å². The van der Waals surface area contributed by atoms with Gasteiger partial charge >= 0.3 is 5.97 Å². The van der Waals surface area contributed by atoms with Crippen molar-refractivity contribution in [2.75, 3.05) is 5.75 Å². The Morgan fingerprint density at radius 3 is 2.41 bits per heavy atom. The van der Waals surface area contributed by atoms with E-state index in [0.717, 1.165) is 5.75 Å². The van der Waals surface area contributed by atoms with Crippen molar-refractivity contribution in [1.82, 2.24) is 0 Å². The van der Waals surface area contributed by atoms with Gasteiger partial charge in [0.2, 0.25) is 0 Å². The molecule has 0 amide bonds. The molecule has 0 aliphatic rings. The van der Waals surface area contributed by atoms with Crippen molar-refractivity contribution in [1.29, 1.82) is 0 Å². The van der Waals surface area contributed by atoms with E-state index in [1.165, 1.54) is 11.1 Å². The minimum absolute atomic E-state index is 0.446. The number of carbonyl (C=O) groups is 1. The molecule has 1 aromatic rings. The Balaban J connectivity index is 2.40. The number of hydrogen-bond donors (Lipinski definition) is 2. The normalized spacial score (nSPS) is 12.7. The van der Waals surface area contributed by atoms with Crippen molar-refractivity contribution < 1.29 is 9.90 Å². The van der Waals surface area contributed by atoms with Gasteiger partial charge in [0.1, 0.15) is 6.04 Å². The Hall–Kier alpha value is -1.00. The van der Waals surface area contributed by atoms with Crippen molar-refractivity contribution >= 4 is 17.7 Å². The summed E-state index contributed by atoms with van der Waals surface area (Å²) in [7, 11) is 0. The van der Waals surface area contributed by atoms with Crippen LogP contribution in [-0.4, -0.2) is 22.9 Å². The van der Waals surface area contributed by atoms with E-state index >= 15 is 0 Å². The van der Waals surface area contributed by atoms with Crippen LogP contribution in [0, 0.1) is 0 Å². The monoisotopic (exact) mass is 253 g/mol. The third-order valence-electron chi connectivity index (χ3n) is 2.53. The highest BCUT2D eigenvalue weighted by Gasteiger charge is 2.10. The van der Waals surface area contributed by atoms with Gasteiger partial charge in [-0.05, 0) is 17.0 Å². The summed E-state index contributed by atoms with van der Waals surface area (Å²) in [5.41, 5.74) is 7.95. The van der Waals surface area contributed by atoms with Crippen molar-refractivity contribution in [3.63, 3.8) is 0 Å².